The Bertz CT molecular complexity index is 242. The Kier molecular flexibility index (Phi) is 3.90. The van der Waals surface area contributed by atoms with E-state index in [1.54, 1.807) is 6.92 Å². The molecule has 1 aliphatic heterocycles. The molecule has 0 saturated carbocycles. The topological polar surface area (TPSA) is 29.5 Å². The number of rotatable bonds is 3. The molecular weight excluding hydrogens is 221 g/mol. The number of hydrogen-bond acceptors (Lipinski definition) is 2. The SMILES string of the molecule is CCCCC1C(C)C(O)OC1(C)C(F)(F)F. The van der Waals surface area contributed by atoms with Gasteiger partial charge in [0.1, 0.15) is 0 Å². The summed E-state index contributed by atoms with van der Waals surface area (Å²) in [6, 6.07) is 0. The van der Waals surface area contributed by atoms with E-state index in [1.807, 2.05) is 6.92 Å². The summed E-state index contributed by atoms with van der Waals surface area (Å²) in [7, 11) is 0. The maximum Gasteiger partial charge on any atom is 0.417 e. The molecule has 1 fully saturated rings. The van der Waals surface area contributed by atoms with Gasteiger partial charge in [-0.2, -0.15) is 13.2 Å². The van der Waals surface area contributed by atoms with Gasteiger partial charge in [0.2, 0.25) is 0 Å². The average molecular weight is 240 g/mol. The normalized spacial score (nSPS) is 40.3. The average Bonchev–Trinajstić information content (AvgIpc) is 2.36. The zero-order valence-electron chi connectivity index (χ0n) is 9.84. The molecule has 0 amide bonds. The molecule has 1 N–H and O–H groups in total. The van der Waals surface area contributed by atoms with Crippen LogP contribution in [0.25, 0.3) is 0 Å². The van der Waals surface area contributed by atoms with Crippen molar-refractivity contribution in [1.82, 2.24) is 0 Å². The van der Waals surface area contributed by atoms with Crippen LogP contribution in [-0.2, 0) is 4.74 Å². The van der Waals surface area contributed by atoms with Crippen LogP contribution in [0, 0.1) is 11.8 Å². The maximum absolute atomic E-state index is 12.9. The molecule has 1 rings (SSSR count). The van der Waals surface area contributed by atoms with Crippen LogP contribution in [0.1, 0.15) is 40.0 Å². The third kappa shape index (κ3) is 2.20. The first-order valence-corrected chi connectivity index (χ1v) is 5.66. The predicted octanol–water partition coefficient (Wildman–Crippen LogP) is 3.10. The van der Waals surface area contributed by atoms with Crippen molar-refractivity contribution in [2.24, 2.45) is 11.8 Å². The van der Waals surface area contributed by atoms with Gasteiger partial charge in [-0.25, -0.2) is 0 Å². The van der Waals surface area contributed by atoms with E-state index in [-0.39, 0.29) is 0 Å². The molecule has 1 aliphatic rings. The molecule has 4 unspecified atom stereocenters. The van der Waals surface area contributed by atoms with E-state index in [1.165, 1.54) is 0 Å². The Morgan fingerprint density at radius 2 is 1.94 bits per heavy atom. The van der Waals surface area contributed by atoms with Gasteiger partial charge in [-0.05, 0) is 13.3 Å². The number of aliphatic hydroxyl groups excluding tert-OH is 1. The van der Waals surface area contributed by atoms with Gasteiger partial charge in [0.05, 0.1) is 0 Å². The van der Waals surface area contributed by atoms with Crippen LogP contribution in [0.3, 0.4) is 0 Å². The second-order valence-electron chi connectivity index (χ2n) is 4.72. The molecule has 96 valence electrons. The highest BCUT2D eigenvalue weighted by molar-refractivity contribution is 4.98. The molecule has 0 bridgehead atoms. The summed E-state index contributed by atoms with van der Waals surface area (Å²) in [4.78, 5) is 0. The second kappa shape index (κ2) is 4.53. The van der Waals surface area contributed by atoms with Crippen molar-refractivity contribution in [3.8, 4) is 0 Å². The Morgan fingerprint density at radius 1 is 1.38 bits per heavy atom. The van der Waals surface area contributed by atoms with Gasteiger partial charge in [0.25, 0.3) is 0 Å². The Labute approximate surface area is 93.8 Å². The van der Waals surface area contributed by atoms with Gasteiger partial charge >= 0.3 is 6.18 Å². The van der Waals surface area contributed by atoms with E-state index in [9.17, 15) is 18.3 Å². The molecular formula is C11H19F3O2. The minimum Gasteiger partial charge on any atom is -0.368 e. The highest BCUT2D eigenvalue weighted by Crippen LogP contribution is 2.50. The molecule has 16 heavy (non-hydrogen) atoms. The molecule has 0 aromatic carbocycles. The first-order chi connectivity index (χ1) is 7.24. The number of alkyl halides is 3. The van der Waals surface area contributed by atoms with Crippen LogP contribution in [0.2, 0.25) is 0 Å². The van der Waals surface area contributed by atoms with Crippen molar-refractivity contribution >= 4 is 0 Å². The van der Waals surface area contributed by atoms with Crippen LogP contribution >= 0.6 is 0 Å². The van der Waals surface area contributed by atoms with Crippen molar-refractivity contribution < 1.29 is 23.0 Å². The molecule has 5 heteroatoms. The lowest BCUT2D eigenvalue weighted by molar-refractivity contribution is -0.293. The summed E-state index contributed by atoms with van der Waals surface area (Å²) in [6.07, 6.45) is -3.75. The number of ether oxygens (including phenoxy) is 1. The lowest BCUT2D eigenvalue weighted by Gasteiger charge is -2.33. The van der Waals surface area contributed by atoms with E-state index < -0.39 is 29.9 Å². The van der Waals surface area contributed by atoms with Gasteiger partial charge in [0.15, 0.2) is 11.9 Å². The van der Waals surface area contributed by atoms with E-state index in [0.29, 0.717) is 6.42 Å². The summed E-state index contributed by atoms with van der Waals surface area (Å²) in [5.41, 5.74) is -2.21. The second-order valence-corrected chi connectivity index (χ2v) is 4.72. The number of halogens is 3. The monoisotopic (exact) mass is 240 g/mol. The summed E-state index contributed by atoms with van der Waals surface area (Å²) in [5.74, 6) is -1.14. The van der Waals surface area contributed by atoms with Gasteiger partial charge in [-0.15, -0.1) is 0 Å². The van der Waals surface area contributed by atoms with Gasteiger partial charge in [0, 0.05) is 11.8 Å². The van der Waals surface area contributed by atoms with Gasteiger partial charge in [-0.3, -0.25) is 0 Å². The van der Waals surface area contributed by atoms with E-state index >= 15 is 0 Å². The molecule has 2 nitrogen and oxygen atoms in total. The van der Waals surface area contributed by atoms with Crippen LogP contribution < -0.4 is 0 Å². The van der Waals surface area contributed by atoms with Crippen LogP contribution in [0.5, 0.6) is 0 Å². The summed E-state index contributed by atoms with van der Waals surface area (Å²) >= 11 is 0. The Morgan fingerprint density at radius 3 is 2.38 bits per heavy atom. The highest BCUT2D eigenvalue weighted by Gasteiger charge is 2.63. The fourth-order valence-corrected chi connectivity index (χ4v) is 2.39. The maximum atomic E-state index is 12.9. The highest BCUT2D eigenvalue weighted by atomic mass is 19.4. The molecule has 0 spiro atoms. The third-order valence-corrected chi connectivity index (χ3v) is 3.59. The molecule has 1 heterocycles. The van der Waals surface area contributed by atoms with Crippen LogP contribution in [0.15, 0.2) is 0 Å². The largest absolute Gasteiger partial charge is 0.417 e. The van der Waals surface area contributed by atoms with E-state index in [0.717, 1.165) is 19.8 Å². The number of unbranched alkanes of at least 4 members (excludes halogenated alkanes) is 1. The summed E-state index contributed by atoms with van der Waals surface area (Å²) in [5, 5.41) is 9.44. The predicted molar refractivity (Wildman–Crippen MR) is 53.7 cm³/mol. The summed E-state index contributed by atoms with van der Waals surface area (Å²) < 4.78 is 43.6. The van der Waals surface area contributed by atoms with Crippen molar-refractivity contribution in [1.29, 1.82) is 0 Å². The minimum absolute atomic E-state index is 0.435. The van der Waals surface area contributed by atoms with Crippen LogP contribution in [-0.4, -0.2) is 23.2 Å². The lowest BCUT2D eigenvalue weighted by Crippen LogP contribution is -2.48. The lowest BCUT2D eigenvalue weighted by atomic mass is 9.79. The van der Waals surface area contributed by atoms with Gasteiger partial charge < -0.3 is 9.84 Å². The number of hydrogen-bond donors (Lipinski definition) is 1. The molecule has 1 saturated heterocycles. The zero-order chi connectivity index (χ0) is 12.6. The van der Waals surface area contributed by atoms with Crippen molar-refractivity contribution in [3.63, 3.8) is 0 Å². The zero-order valence-corrected chi connectivity index (χ0v) is 9.84. The molecule has 0 aromatic heterocycles. The Balaban J connectivity index is 2.89. The standard InChI is InChI=1S/C11H19F3O2/c1-4-5-6-8-7(2)9(15)16-10(8,3)11(12,13)14/h7-9,15H,4-6H2,1-3H3. The fraction of sp³-hybridized carbons (Fsp3) is 1.00. The first-order valence-electron chi connectivity index (χ1n) is 5.66. The fourth-order valence-electron chi connectivity index (χ4n) is 2.39. The van der Waals surface area contributed by atoms with E-state index in [4.69, 9.17) is 4.74 Å². The first kappa shape index (κ1) is 13.8. The summed E-state index contributed by atoms with van der Waals surface area (Å²) in [6.45, 7) is 4.59. The van der Waals surface area contributed by atoms with Gasteiger partial charge in [-0.1, -0.05) is 26.7 Å². The minimum atomic E-state index is -4.43. The smallest absolute Gasteiger partial charge is 0.368 e. The van der Waals surface area contributed by atoms with Crippen LogP contribution in [0.4, 0.5) is 13.2 Å². The molecule has 4 atom stereocenters. The van der Waals surface area contributed by atoms with E-state index in [2.05, 4.69) is 0 Å². The number of aliphatic hydroxyl groups is 1. The van der Waals surface area contributed by atoms with Crippen molar-refractivity contribution in [2.75, 3.05) is 0 Å². The quantitative estimate of drug-likeness (QED) is 0.821. The van der Waals surface area contributed by atoms with Crippen molar-refractivity contribution in [2.45, 2.75) is 58.1 Å². The molecule has 0 aromatic rings. The van der Waals surface area contributed by atoms with Crippen molar-refractivity contribution in [3.05, 3.63) is 0 Å². The molecule has 0 radical (unpaired) electrons. The molecule has 0 aliphatic carbocycles. The third-order valence-electron chi connectivity index (χ3n) is 3.59. The Hall–Kier alpha value is -0.290.